The summed E-state index contributed by atoms with van der Waals surface area (Å²) in [6.45, 7) is 3.07. The molecule has 1 fully saturated rings. The van der Waals surface area contributed by atoms with Crippen LogP contribution in [-0.4, -0.2) is 43.8 Å². The van der Waals surface area contributed by atoms with Crippen molar-refractivity contribution in [2.75, 3.05) is 25.5 Å². The highest BCUT2D eigenvalue weighted by Crippen LogP contribution is 2.29. The molecule has 1 saturated heterocycles. The van der Waals surface area contributed by atoms with E-state index >= 15 is 0 Å². The fourth-order valence-corrected chi connectivity index (χ4v) is 4.72. The van der Waals surface area contributed by atoms with Crippen molar-refractivity contribution in [2.45, 2.75) is 24.7 Å². The number of rotatable bonds is 6. The molecule has 0 aliphatic carbocycles. The number of nitrogens with zero attached hydrogens (tertiary/aromatic N) is 2. The summed E-state index contributed by atoms with van der Waals surface area (Å²) in [6.07, 6.45) is 1.65. The van der Waals surface area contributed by atoms with Crippen LogP contribution in [0.15, 0.2) is 47.4 Å². The first-order chi connectivity index (χ1) is 14.2. The van der Waals surface area contributed by atoms with Gasteiger partial charge < -0.3 is 10.1 Å². The summed E-state index contributed by atoms with van der Waals surface area (Å²) in [4.78, 5) is 23.1. The Bertz CT molecular complexity index is 1040. The van der Waals surface area contributed by atoms with Crippen LogP contribution in [0.25, 0.3) is 0 Å². The van der Waals surface area contributed by atoms with Crippen molar-refractivity contribution in [1.82, 2.24) is 4.31 Å². The number of hydrogen-bond acceptors (Lipinski definition) is 6. The van der Waals surface area contributed by atoms with E-state index < -0.39 is 20.9 Å². The SMILES string of the molecule is COc1ccc([N+](=O)[O-])cc1NC(=O)c1ccc(S(=O)(=O)N2CCC(C)CC2)cc1. The predicted molar refractivity (Wildman–Crippen MR) is 111 cm³/mol. The standard InChI is InChI=1S/C20H23N3O6S/c1-14-9-11-22(12-10-14)30(27,28)17-6-3-15(4-7-17)20(24)21-18-13-16(23(25)26)5-8-19(18)29-2/h3-8,13-14H,9-12H2,1-2H3,(H,21,24). The lowest BCUT2D eigenvalue weighted by molar-refractivity contribution is -0.384. The molecule has 1 aliphatic heterocycles. The summed E-state index contributed by atoms with van der Waals surface area (Å²) in [5.74, 6) is 0.241. The van der Waals surface area contributed by atoms with Crippen LogP contribution in [-0.2, 0) is 10.0 Å². The first-order valence-corrected chi connectivity index (χ1v) is 10.9. The minimum Gasteiger partial charge on any atom is -0.495 e. The lowest BCUT2D eigenvalue weighted by Crippen LogP contribution is -2.37. The third-order valence-corrected chi connectivity index (χ3v) is 7.05. The van der Waals surface area contributed by atoms with Gasteiger partial charge in [0.25, 0.3) is 11.6 Å². The number of amides is 1. The van der Waals surface area contributed by atoms with Crippen molar-refractivity contribution in [3.05, 3.63) is 58.1 Å². The van der Waals surface area contributed by atoms with E-state index in [1.54, 1.807) is 0 Å². The van der Waals surface area contributed by atoms with E-state index in [2.05, 4.69) is 12.2 Å². The van der Waals surface area contributed by atoms with Gasteiger partial charge in [-0.15, -0.1) is 0 Å². The normalized spacial score (nSPS) is 15.5. The van der Waals surface area contributed by atoms with Crippen LogP contribution in [0.5, 0.6) is 5.75 Å². The van der Waals surface area contributed by atoms with Crippen molar-refractivity contribution in [2.24, 2.45) is 5.92 Å². The summed E-state index contributed by atoms with van der Waals surface area (Å²) < 4.78 is 32.2. The smallest absolute Gasteiger partial charge is 0.271 e. The molecule has 1 heterocycles. The summed E-state index contributed by atoms with van der Waals surface area (Å²) in [6, 6.07) is 9.49. The summed E-state index contributed by atoms with van der Waals surface area (Å²) in [5, 5.41) is 13.6. The van der Waals surface area contributed by atoms with Gasteiger partial charge in [-0.2, -0.15) is 4.31 Å². The number of nitrogens with one attached hydrogen (secondary N) is 1. The molecule has 0 unspecified atom stereocenters. The molecule has 2 aromatic rings. The number of hydrogen-bond donors (Lipinski definition) is 1. The van der Waals surface area contributed by atoms with E-state index in [-0.39, 0.29) is 27.6 Å². The maximum Gasteiger partial charge on any atom is 0.271 e. The zero-order chi connectivity index (χ0) is 21.9. The molecule has 1 aliphatic rings. The summed E-state index contributed by atoms with van der Waals surface area (Å²) >= 11 is 0. The molecule has 0 atom stereocenters. The van der Waals surface area contributed by atoms with Crippen LogP contribution in [0.4, 0.5) is 11.4 Å². The van der Waals surface area contributed by atoms with Gasteiger partial charge in [-0.3, -0.25) is 14.9 Å². The molecule has 0 radical (unpaired) electrons. The van der Waals surface area contributed by atoms with Gasteiger partial charge in [0.1, 0.15) is 5.75 Å². The average molecular weight is 433 g/mol. The molecule has 2 aromatic carbocycles. The number of sulfonamides is 1. The number of nitro groups is 1. The van der Waals surface area contributed by atoms with Crippen LogP contribution in [0.3, 0.4) is 0 Å². The van der Waals surface area contributed by atoms with Crippen molar-refractivity contribution in [3.63, 3.8) is 0 Å². The van der Waals surface area contributed by atoms with Gasteiger partial charge in [-0.05, 0) is 49.1 Å². The molecule has 3 rings (SSSR count). The maximum atomic E-state index is 12.8. The van der Waals surface area contributed by atoms with E-state index in [1.165, 1.54) is 53.9 Å². The molecule has 10 heteroatoms. The first kappa shape index (κ1) is 21.7. The van der Waals surface area contributed by atoms with Gasteiger partial charge in [0.15, 0.2) is 0 Å². The van der Waals surface area contributed by atoms with Gasteiger partial charge >= 0.3 is 0 Å². The van der Waals surface area contributed by atoms with E-state index in [4.69, 9.17) is 4.74 Å². The second kappa shape index (κ2) is 8.80. The summed E-state index contributed by atoms with van der Waals surface area (Å²) in [5.41, 5.74) is 0.175. The number of carbonyl (C=O) groups is 1. The fraction of sp³-hybridized carbons (Fsp3) is 0.350. The highest BCUT2D eigenvalue weighted by molar-refractivity contribution is 7.89. The highest BCUT2D eigenvalue weighted by Gasteiger charge is 2.28. The topological polar surface area (TPSA) is 119 Å². The van der Waals surface area contributed by atoms with E-state index in [0.29, 0.717) is 19.0 Å². The van der Waals surface area contributed by atoms with Gasteiger partial charge in [-0.1, -0.05) is 6.92 Å². The van der Waals surface area contributed by atoms with Crippen LogP contribution in [0.2, 0.25) is 0 Å². The Morgan fingerprint density at radius 1 is 1.17 bits per heavy atom. The van der Waals surface area contributed by atoms with E-state index in [1.807, 2.05) is 0 Å². The predicted octanol–water partition coefficient (Wildman–Crippen LogP) is 3.28. The molecular weight excluding hydrogens is 410 g/mol. The van der Waals surface area contributed by atoms with E-state index in [9.17, 15) is 23.3 Å². The van der Waals surface area contributed by atoms with Crippen molar-refractivity contribution < 1.29 is 22.9 Å². The molecule has 0 bridgehead atoms. The molecule has 30 heavy (non-hydrogen) atoms. The van der Waals surface area contributed by atoms with Gasteiger partial charge in [0, 0.05) is 30.8 Å². The van der Waals surface area contributed by atoms with Gasteiger partial charge in [0.05, 0.1) is 22.6 Å². The number of non-ortho nitro benzene ring substituents is 1. The van der Waals surface area contributed by atoms with Crippen LogP contribution in [0.1, 0.15) is 30.1 Å². The second-order valence-electron chi connectivity index (χ2n) is 7.21. The molecule has 0 spiro atoms. The maximum absolute atomic E-state index is 12.8. The third kappa shape index (κ3) is 4.60. The van der Waals surface area contributed by atoms with Crippen LogP contribution < -0.4 is 10.1 Å². The fourth-order valence-electron chi connectivity index (χ4n) is 3.25. The minimum absolute atomic E-state index is 0.126. The molecule has 1 N–H and O–H groups in total. The average Bonchev–Trinajstić information content (AvgIpc) is 2.74. The molecule has 9 nitrogen and oxygen atoms in total. The van der Waals surface area contributed by atoms with Crippen molar-refractivity contribution in [3.8, 4) is 5.75 Å². The minimum atomic E-state index is -3.61. The van der Waals surface area contributed by atoms with Crippen LogP contribution >= 0.6 is 0 Å². The second-order valence-corrected chi connectivity index (χ2v) is 9.14. The van der Waals surface area contributed by atoms with E-state index in [0.717, 1.165) is 12.8 Å². The zero-order valence-electron chi connectivity index (χ0n) is 16.7. The number of ether oxygens (including phenoxy) is 1. The van der Waals surface area contributed by atoms with Crippen molar-refractivity contribution in [1.29, 1.82) is 0 Å². The molecular formula is C20H23N3O6S. The molecule has 160 valence electrons. The Morgan fingerprint density at radius 2 is 1.80 bits per heavy atom. The Balaban J connectivity index is 1.77. The highest BCUT2D eigenvalue weighted by atomic mass is 32.2. The van der Waals surface area contributed by atoms with Crippen LogP contribution in [0, 0.1) is 16.0 Å². The lowest BCUT2D eigenvalue weighted by Gasteiger charge is -2.29. The molecule has 1 amide bonds. The number of piperidine rings is 1. The third-order valence-electron chi connectivity index (χ3n) is 5.14. The number of benzene rings is 2. The summed E-state index contributed by atoms with van der Waals surface area (Å²) in [7, 11) is -2.22. The largest absolute Gasteiger partial charge is 0.495 e. The van der Waals surface area contributed by atoms with Gasteiger partial charge in [0.2, 0.25) is 10.0 Å². The number of nitro benzene ring substituents is 1. The number of carbonyl (C=O) groups excluding carboxylic acids is 1. The quantitative estimate of drug-likeness (QED) is 0.552. The lowest BCUT2D eigenvalue weighted by atomic mass is 10.0. The molecule has 0 aromatic heterocycles. The Kier molecular flexibility index (Phi) is 6.37. The Labute approximate surface area is 174 Å². The number of anilines is 1. The Morgan fingerprint density at radius 3 is 2.37 bits per heavy atom. The van der Waals surface area contributed by atoms with Gasteiger partial charge in [-0.25, -0.2) is 8.42 Å². The monoisotopic (exact) mass is 433 g/mol. The number of methoxy groups -OCH3 is 1. The van der Waals surface area contributed by atoms with Crippen molar-refractivity contribution >= 4 is 27.3 Å². The Hall–Kier alpha value is -2.98. The zero-order valence-corrected chi connectivity index (χ0v) is 17.5. The first-order valence-electron chi connectivity index (χ1n) is 9.46. The molecule has 0 saturated carbocycles.